The number of aliphatic hydroxyl groups excluding tert-OH is 1. The van der Waals surface area contributed by atoms with Crippen LogP contribution in [0.25, 0.3) is 10.9 Å². The first-order chi connectivity index (χ1) is 8.92. The summed E-state index contributed by atoms with van der Waals surface area (Å²) in [6, 6.07) is 8.75. The summed E-state index contributed by atoms with van der Waals surface area (Å²) >= 11 is 0. The molecule has 0 bridgehead atoms. The molecule has 0 spiro atoms. The van der Waals surface area contributed by atoms with E-state index in [1.165, 1.54) is 48.7 Å². The highest BCUT2D eigenvalue weighted by Gasteiger charge is 2.17. The van der Waals surface area contributed by atoms with Crippen LogP contribution in [0.15, 0.2) is 24.3 Å². The zero-order valence-corrected chi connectivity index (χ0v) is 10.9. The van der Waals surface area contributed by atoms with Gasteiger partial charge in [0.25, 0.3) is 0 Å². The van der Waals surface area contributed by atoms with Crippen LogP contribution in [0.4, 0.5) is 0 Å². The van der Waals surface area contributed by atoms with E-state index in [0.29, 0.717) is 0 Å². The summed E-state index contributed by atoms with van der Waals surface area (Å²) in [7, 11) is 0. The van der Waals surface area contributed by atoms with Crippen molar-refractivity contribution in [2.24, 2.45) is 0 Å². The van der Waals surface area contributed by atoms with E-state index in [1.54, 1.807) is 5.56 Å². The molecule has 3 rings (SSSR count). The fraction of sp³-hybridized carbons (Fsp3) is 0.500. The number of aromatic nitrogens is 1. The standard InChI is InChI=1S/C16H21NO/c18-12-6-11-17-15-9-3-1-2-7-13(15)14-8-4-5-10-16(14)17/h4-5,8,10,18H,1-3,6-7,9,11-12H2. The van der Waals surface area contributed by atoms with Crippen LogP contribution < -0.4 is 0 Å². The van der Waals surface area contributed by atoms with Crippen molar-refractivity contribution in [2.75, 3.05) is 6.61 Å². The summed E-state index contributed by atoms with van der Waals surface area (Å²) < 4.78 is 2.45. The van der Waals surface area contributed by atoms with Crippen molar-refractivity contribution in [3.05, 3.63) is 35.5 Å². The van der Waals surface area contributed by atoms with E-state index in [2.05, 4.69) is 28.8 Å². The van der Waals surface area contributed by atoms with E-state index in [4.69, 9.17) is 5.11 Å². The maximum Gasteiger partial charge on any atom is 0.0485 e. The van der Waals surface area contributed by atoms with Gasteiger partial charge < -0.3 is 9.67 Å². The number of hydrogen-bond acceptors (Lipinski definition) is 1. The van der Waals surface area contributed by atoms with E-state index in [9.17, 15) is 0 Å². The van der Waals surface area contributed by atoms with Gasteiger partial charge in [-0.1, -0.05) is 24.6 Å². The van der Waals surface area contributed by atoms with Crippen molar-refractivity contribution in [3.63, 3.8) is 0 Å². The van der Waals surface area contributed by atoms with Crippen molar-refractivity contribution in [3.8, 4) is 0 Å². The molecule has 1 aromatic carbocycles. The molecule has 0 aliphatic heterocycles. The quantitative estimate of drug-likeness (QED) is 0.822. The zero-order valence-electron chi connectivity index (χ0n) is 10.9. The van der Waals surface area contributed by atoms with Gasteiger partial charge in [0.05, 0.1) is 0 Å². The maximum absolute atomic E-state index is 9.08. The minimum Gasteiger partial charge on any atom is -0.396 e. The molecule has 96 valence electrons. The molecule has 2 nitrogen and oxygen atoms in total. The van der Waals surface area contributed by atoms with Crippen LogP contribution in [-0.4, -0.2) is 16.3 Å². The predicted molar refractivity (Wildman–Crippen MR) is 74.9 cm³/mol. The summed E-state index contributed by atoms with van der Waals surface area (Å²) in [5.41, 5.74) is 4.46. The normalized spacial score (nSPS) is 15.6. The summed E-state index contributed by atoms with van der Waals surface area (Å²) in [6.45, 7) is 1.23. The van der Waals surface area contributed by atoms with Crippen LogP contribution in [0, 0.1) is 0 Å². The molecular formula is C16H21NO. The molecule has 0 saturated heterocycles. The van der Waals surface area contributed by atoms with Gasteiger partial charge >= 0.3 is 0 Å². The van der Waals surface area contributed by atoms with E-state index in [-0.39, 0.29) is 6.61 Å². The Bertz CT molecular complexity index is 541. The van der Waals surface area contributed by atoms with Crippen molar-refractivity contribution in [1.29, 1.82) is 0 Å². The molecule has 1 aliphatic rings. The lowest BCUT2D eigenvalue weighted by Gasteiger charge is -2.09. The number of benzene rings is 1. The molecule has 18 heavy (non-hydrogen) atoms. The van der Waals surface area contributed by atoms with Crippen LogP contribution >= 0.6 is 0 Å². The van der Waals surface area contributed by atoms with Crippen molar-refractivity contribution < 1.29 is 5.11 Å². The fourth-order valence-corrected chi connectivity index (χ4v) is 3.25. The Morgan fingerprint density at radius 2 is 1.89 bits per heavy atom. The van der Waals surface area contributed by atoms with Crippen LogP contribution in [-0.2, 0) is 19.4 Å². The van der Waals surface area contributed by atoms with Gasteiger partial charge in [-0.2, -0.15) is 0 Å². The molecule has 0 fully saturated rings. The first-order valence-corrected chi connectivity index (χ1v) is 7.11. The molecular weight excluding hydrogens is 222 g/mol. The first-order valence-electron chi connectivity index (χ1n) is 7.11. The lowest BCUT2D eigenvalue weighted by atomic mass is 10.1. The largest absolute Gasteiger partial charge is 0.396 e. The van der Waals surface area contributed by atoms with Gasteiger partial charge in [0.2, 0.25) is 0 Å². The molecule has 0 unspecified atom stereocenters. The smallest absolute Gasteiger partial charge is 0.0485 e. The summed E-state index contributed by atoms with van der Waals surface area (Å²) in [4.78, 5) is 0. The van der Waals surface area contributed by atoms with Gasteiger partial charge in [-0.15, -0.1) is 0 Å². The van der Waals surface area contributed by atoms with Crippen LogP contribution in [0.1, 0.15) is 36.9 Å². The number of aliphatic hydroxyl groups is 1. The number of rotatable bonds is 3. The average Bonchev–Trinajstić information content (AvgIpc) is 2.56. The number of fused-ring (bicyclic) bond motifs is 3. The van der Waals surface area contributed by atoms with Gasteiger partial charge in [0.1, 0.15) is 0 Å². The Morgan fingerprint density at radius 1 is 1.06 bits per heavy atom. The third kappa shape index (κ3) is 1.95. The zero-order chi connectivity index (χ0) is 12.4. The lowest BCUT2D eigenvalue weighted by Crippen LogP contribution is -2.05. The molecule has 0 radical (unpaired) electrons. The molecule has 0 saturated carbocycles. The second-order valence-electron chi connectivity index (χ2n) is 5.23. The Hall–Kier alpha value is -1.28. The monoisotopic (exact) mass is 243 g/mol. The predicted octanol–water partition coefficient (Wildman–Crippen LogP) is 3.29. The second-order valence-corrected chi connectivity index (χ2v) is 5.23. The Labute approximate surface area is 108 Å². The fourth-order valence-electron chi connectivity index (χ4n) is 3.25. The molecule has 1 heterocycles. The number of para-hydroxylation sites is 1. The van der Waals surface area contributed by atoms with Crippen LogP contribution in [0.3, 0.4) is 0 Å². The highest BCUT2D eigenvalue weighted by atomic mass is 16.3. The minimum atomic E-state index is 0.279. The molecule has 0 atom stereocenters. The average molecular weight is 243 g/mol. The topological polar surface area (TPSA) is 25.2 Å². The van der Waals surface area contributed by atoms with E-state index < -0.39 is 0 Å². The SMILES string of the molecule is OCCCn1c2c(c3ccccc31)CCCCC2. The van der Waals surface area contributed by atoms with Crippen molar-refractivity contribution in [2.45, 2.75) is 45.1 Å². The Morgan fingerprint density at radius 3 is 2.78 bits per heavy atom. The molecule has 1 aliphatic carbocycles. The van der Waals surface area contributed by atoms with Crippen molar-refractivity contribution >= 4 is 10.9 Å². The molecule has 1 aromatic heterocycles. The number of hydrogen-bond donors (Lipinski definition) is 1. The second kappa shape index (κ2) is 5.15. The van der Waals surface area contributed by atoms with Crippen LogP contribution in [0.5, 0.6) is 0 Å². The minimum absolute atomic E-state index is 0.279. The van der Waals surface area contributed by atoms with E-state index in [1.807, 2.05) is 0 Å². The first kappa shape index (κ1) is 11.8. The third-order valence-corrected chi connectivity index (χ3v) is 4.07. The Balaban J connectivity index is 2.15. The van der Waals surface area contributed by atoms with Gasteiger partial charge in [-0.3, -0.25) is 0 Å². The number of nitrogens with zero attached hydrogens (tertiary/aromatic N) is 1. The van der Waals surface area contributed by atoms with Gasteiger partial charge in [0, 0.05) is 29.7 Å². The highest BCUT2D eigenvalue weighted by Crippen LogP contribution is 2.31. The molecule has 1 N–H and O–H groups in total. The molecule has 2 aromatic rings. The van der Waals surface area contributed by atoms with Gasteiger partial charge in [-0.25, -0.2) is 0 Å². The summed E-state index contributed by atoms with van der Waals surface area (Å²) in [6.07, 6.45) is 7.26. The molecule has 2 heteroatoms. The van der Waals surface area contributed by atoms with Crippen molar-refractivity contribution in [1.82, 2.24) is 4.57 Å². The van der Waals surface area contributed by atoms with E-state index in [0.717, 1.165) is 13.0 Å². The molecule has 0 amide bonds. The summed E-state index contributed by atoms with van der Waals surface area (Å²) in [5.74, 6) is 0. The van der Waals surface area contributed by atoms with Gasteiger partial charge in [-0.05, 0) is 43.7 Å². The third-order valence-electron chi connectivity index (χ3n) is 4.07. The van der Waals surface area contributed by atoms with Gasteiger partial charge in [0.15, 0.2) is 0 Å². The van der Waals surface area contributed by atoms with Crippen LogP contribution in [0.2, 0.25) is 0 Å². The Kier molecular flexibility index (Phi) is 3.37. The van der Waals surface area contributed by atoms with E-state index >= 15 is 0 Å². The summed E-state index contributed by atoms with van der Waals surface area (Å²) in [5, 5.41) is 10.5. The highest BCUT2D eigenvalue weighted by molar-refractivity contribution is 5.85. The lowest BCUT2D eigenvalue weighted by molar-refractivity contribution is 0.280. The number of aryl methyl sites for hydroxylation is 2. The maximum atomic E-state index is 9.08.